The largest absolute Gasteiger partial charge is 0.399 e. The second-order valence-corrected chi connectivity index (χ2v) is 7.47. The van der Waals surface area contributed by atoms with E-state index in [4.69, 9.17) is 16.0 Å². The van der Waals surface area contributed by atoms with E-state index < -0.39 is 10.0 Å². The molecule has 1 atom stereocenters. The van der Waals surface area contributed by atoms with Crippen molar-refractivity contribution in [3.05, 3.63) is 18.2 Å². The van der Waals surface area contributed by atoms with Crippen LogP contribution in [0.5, 0.6) is 0 Å². The van der Waals surface area contributed by atoms with Gasteiger partial charge in [-0.05, 0) is 30.0 Å². The molecule has 1 rings (SSSR count). The van der Waals surface area contributed by atoms with Gasteiger partial charge >= 0.3 is 0 Å². The number of sulfonamides is 1. The number of nitrogens with two attached hydrogens (primary N) is 2. The van der Waals surface area contributed by atoms with E-state index in [0.29, 0.717) is 17.8 Å². The molecule has 20 heavy (non-hydrogen) atoms. The van der Waals surface area contributed by atoms with E-state index in [2.05, 4.69) is 5.32 Å². The number of benzene rings is 1. The fraction of sp³-hybridized carbons (Fsp3) is 0.538. The predicted molar refractivity (Wildman–Crippen MR) is 80.8 cm³/mol. The zero-order valence-electron chi connectivity index (χ0n) is 12.1. The van der Waals surface area contributed by atoms with Crippen LogP contribution in [0.25, 0.3) is 0 Å². The molecule has 0 aliphatic rings. The molecule has 1 aromatic carbocycles. The number of anilines is 2. The molecule has 114 valence electrons. The van der Waals surface area contributed by atoms with Gasteiger partial charge < -0.3 is 16.2 Å². The normalized spacial score (nSPS) is 14.1. The number of hydrogen-bond donors (Lipinski definition) is 4. The Kier molecular flexibility index (Phi) is 5.01. The Balaban J connectivity index is 3.11. The third kappa shape index (κ3) is 4.66. The maximum absolute atomic E-state index is 11.4. The van der Waals surface area contributed by atoms with Crippen molar-refractivity contribution in [3.8, 4) is 0 Å². The third-order valence-corrected chi connectivity index (χ3v) is 3.95. The van der Waals surface area contributed by atoms with Gasteiger partial charge in [-0.2, -0.15) is 0 Å². The number of aliphatic hydroxyl groups is 1. The van der Waals surface area contributed by atoms with Gasteiger partial charge in [0, 0.05) is 24.0 Å². The summed E-state index contributed by atoms with van der Waals surface area (Å²) in [5, 5.41) is 17.5. The number of primary sulfonamides is 1. The minimum Gasteiger partial charge on any atom is -0.399 e. The average Bonchev–Trinajstić information content (AvgIpc) is 2.25. The summed E-state index contributed by atoms with van der Waals surface area (Å²) in [6, 6.07) is 4.38. The molecular formula is C13H23N3O3S. The highest BCUT2D eigenvalue weighted by atomic mass is 32.2. The molecule has 0 fully saturated rings. The van der Waals surface area contributed by atoms with Gasteiger partial charge in [0.15, 0.2) is 0 Å². The molecule has 6 N–H and O–H groups in total. The highest BCUT2D eigenvalue weighted by Gasteiger charge is 2.24. The molecule has 0 saturated heterocycles. The smallest absolute Gasteiger partial charge is 0.238 e. The lowest BCUT2D eigenvalue weighted by atomic mass is 9.85. The quantitative estimate of drug-likeness (QED) is 0.608. The maximum atomic E-state index is 11.4. The van der Waals surface area contributed by atoms with Crippen molar-refractivity contribution < 1.29 is 13.5 Å². The Morgan fingerprint density at radius 1 is 1.30 bits per heavy atom. The lowest BCUT2D eigenvalue weighted by Gasteiger charge is -2.32. The zero-order valence-corrected chi connectivity index (χ0v) is 12.9. The Hall–Kier alpha value is -1.31. The van der Waals surface area contributed by atoms with Gasteiger partial charge in [-0.15, -0.1) is 0 Å². The summed E-state index contributed by atoms with van der Waals surface area (Å²) in [5.74, 6) is 0. The fourth-order valence-corrected chi connectivity index (χ4v) is 2.51. The van der Waals surface area contributed by atoms with Gasteiger partial charge in [0.2, 0.25) is 10.0 Å². The number of aliphatic hydroxyl groups excluding tert-OH is 1. The van der Waals surface area contributed by atoms with E-state index in [1.807, 2.05) is 20.8 Å². The van der Waals surface area contributed by atoms with Gasteiger partial charge in [-0.3, -0.25) is 0 Å². The fourth-order valence-electron chi connectivity index (χ4n) is 1.92. The Labute approximate surface area is 120 Å². The van der Waals surface area contributed by atoms with Gasteiger partial charge in [-0.25, -0.2) is 13.6 Å². The van der Waals surface area contributed by atoms with E-state index in [0.717, 1.165) is 0 Å². The third-order valence-electron chi connectivity index (χ3n) is 3.06. The second kappa shape index (κ2) is 5.99. The van der Waals surface area contributed by atoms with Crippen LogP contribution < -0.4 is 16.2 Å². The summed E-state index contributed by atoms with van der Waals surface area (Å²) in [7, 11) is -3.80. The molecule has 0 radical (unpaired) electrons. The molecule has 0 aliphatic carbocycles. The first-order valence-corrected chi connectivity index (χ1v) is 7.89. The molecule has 7 heteroatoms. The van der Waals surface area contributed by atoms with E-state index in [1.165, 1.54) is 12.1 Å². The van der Waals surface area contributed by atoms with Crippen LogP contribution in [-0.4, -0.2) is 26.2 Å². The number of nitrogens with one attached hydrogen (secondary N) is 1. The van der Waals surface area contributed by atoms with Crippen molar-refractivity contribution in [2.45, 2.75) is 38.1 Å². The van der Waals surface area contributed by atoms with Gasteiger partial charge in [0.25, 0.3) is 0 Å². The highest BCUT2D eigenvalue weighted by Crippen LogP contribution is 2.27. The van der Waals surface area contributed by atoms with E-state index in [9.17, 15) is 8.42 Å². The van der Waals surface area contributed by atoms with Crippen LogP contribution >= 0.6 is 0 Å². The lowest BCUT2D eigenvalue weighted by Crippen LogP contribution is -2.35. The molecule has 0 bridgehead atoms. The standard InChI is InChI=1S/C13H23N3O3S/c1-13(2,3)12(4-5-17)16-10-6-9(14)7-11(8-10)20(15,18)19/h6-8,12,16-17H,4-5,14H2,1-3H3,(H2,15,18,19). The minimum atomic E-state index is -3.80. The van der Waals surface area contributed by atoms with E-state index in [1.54, 1.807) is 6.07 Å². The lowest BCUT2D eigenvalue weighted by molar-refractivity contribution is 0.235. The topological polar surface area (TPSA) is 118 Å². The molecule has 1 aromatic rings. The van der Waals surface area contributed by atoms with Gasteiger partial charge in [-0.1, -0.05) is 20.8 Å². The summed E-state index contributed by atoms with van der Waals surface area (Å²) in [5.41, 5.74) is 6.49. The summed E-state index contributed by atoms with van der Waals surface area (Å²) in [4.78, 5) is -0.0309. The Bertz CT molecular complexity index is 565. The summed E-state index contributed by atoms with van der Waals surface area (Å²) in [6.45, 7) is 6.15. The number of hydrogen-bond acceptors (Lipinski definition) is 5. The molecule has 6 nitrogen and oxygen atoms in total. The molecular weight excluding hydrogens is 278 g/mol. The van der Waals surface area contributed by atoms with Crippen molar-refractivity contribution in [3.63, 3.8) is 0 Å². The van der Waals surface area contributed by atoms with Crippen LogP contribution in [0.4, 0.5) is 11.4 Å². The van der Waals surface area contributed by atoms with Crippen molar-refractivity contribution >= 4 is 21.4 Å². The molecule has 0 spiro atoms. The number of rotatable bonds is 5. The van der Waals surface area contributed by atoms with E-state index >= 15 is 0 Å². The monoisotopic (exact) mass is 301 g/mol. The predicted octanol–water partition coefficient (Wildman–Crippen LogP) is 1.13. The zero-order chi connectivity index (χ0) is 15.6. The highest BCUT2D eigenvalue weighted by molar-refractivity contribution is 7.89. The maximum Gasteiger partial charge on any atom is 0.238 e. The molecule has 0 amide bonds. The van der Waals surface area contributed by atoms with Gasteiger partial charge in [0.1, 0.15) is 0 Å². The molecule has 0 aliphatic heterocycles. The van der Waals surface area contributed by atoms with Crippen LogP contribution in [0.3, 0.4) is 0 Å². The summed E-state index contributed by atoms with van der Waals surface area (Å²) in [6.07, 6.45) is 0.545. The van der Waals surface area contributed by atoms with Crippen LogP contribution in [0, 0.1) is 5.41 Å². The van der Waals surface area contributed by atoms with Crippen LogP contribution in [-0.2, 0) is 10.0 Å². The Morgan fingerprint density at radius 3 is 2.35 bits per heavy atom. The van der Waals surface area contributed by atoms with Crippen molar-refractivity contribution in [1.29, 1.82) is 0 Å². The Morgan fingerprint density at radius 2 is 1.90 bits per heavy atom. The average molecular weight is 301 g/mol. The molecule has 0 aromatic heterocycles. The molecule has 0 heterocycles. The summed E-state index contributed by atoms with van der Waals surface area (Å²) < 4.78 is 22.8. The van der Waals surface area contributed by atoms with Crippen LogP contribution in [0.1, 0.15) is 27.2 Å². The second-order valence-electron chi connectivity index (χ2n) is 5.91. The van der Waals surface area contributed by atoms with Crippen LogP contribution in [0.2, 0.25) is 0 Å². The number of nitrogen functional groups attached to an aromatic ring is 1. The first-order chi connectivity index (χ1) is 9.04. The SMILES string of the molecule is CC(C)(C)C(CCO)Nc1cc(N)cc(S(N)(=O)=O)c1. The first kappa shape index (κ1) is 16.7. The van der Waals surface area contributed by atoms with Crippen molar-refractivity contribution in [2.75, 3.05) is 17.7 Å². The van der Waals surface area contributed by atoms with Crippen molar-refractivity contribution in [1.82, 2.24) is 0 Å². The first-order valence-electron chi connectivity index (χ1n) is 6.35. The molecule has 0 saturated carbocycles. The van der Waals surface area contributed by atoms with Crippen molar-refractivity contribution in [2.24, 2.45) is 10.6 Å². The minimum absolute atomic E-state index is 0.0253. The van der Waals surface area contributed by atoms with E-state index in [-0.39, 0.29) is 23.0 Å². The van der Waals surface area contributed by atoms with Gasteiger partial charge in [0.05, 0.1) is 4.90 Å². The summed E-state index contributed by atoms with van der Waals surface area (Å²) >= 11 is 0. The van der Waals surface area contributed by atoms with Crippen LogP contribution in [0.15, 0.2) is 23.1 Å². The molecule has 1 unspecified atom stereocenters.